The molecule has 17 heavy (non-hydrogen) atoms. The Morgan fingerprint density at radius 3 is 2.65 bits per heavy atom. The molecule has 1 heterocycles. The molecule has 0 aliphatic rings. The molecule has 0 aliphatic carbocycles. The highest BCUT2D eigenvalue weighted by Gasteiger charge is 2.36. The smallest absolute Gasteiger partial charge is 0.333 e. The number of aliphatic hydroxyl groups excluding tert-OH is 1. The Balaban J connectivity index is 2.56. The van der Waals surface area contributed by atoms with Gasteiger partial charge in [-0.15, -0.1) is 0 Å². The SMILES string of the molecule is CC(C)(c1c[nH]c2ccccc12)C(O)C(=O)O. The molecule has 0 fully saturated rings. The van der Waals surface area contributed by atoms with Crippen LogP contribution in [-0.2, 0) is 10.2 Å². The normalized spacial score (nSPS) is 13.8. The van der Waals surface area contributed by atoms with Gasteiger partial charge in [0.1, 0.15) is 0 Å². The zero-order valence-corrected chi connectivity index (χ0v) is 9.77. The van der Waals surface area contributed by atoms with Crippen LogP contribution in [0.25, 0.3) is 10.9 Å². The summed E-state index contributed by atoms with van der Waals surface area (Å²) in [6.07, 6.45) is 0.332. The van der Waals surface area contributed by atoms with Gasteiger partial charge in [-0.1, -0.05) is 32.0 Å². The van der Waals surface area contributed by atoms with Gasteiger partial charge in [-0.2, -0.15) is 0 Å². The van der Waals surface area contributed by atoms with Gasteiger partial charge < -0.3 is 15.2 Å². The van der Waals surface area contributed by atoms with Crippen molar-refractivity contribution in [1.82, 2.24) is 4.98 Å². The van der Waals surface area contributed by atoms with Gasteiger partial charge in [0.15, 0.2) is 6.10 Å². The molecular weight excluding hydrogens is 218 g/mol. The number of para-hydroxylation sites is 1. The fraction of sp³-hybridized carbons (Fsp3) is 0.308. The van der Waals surface area contributed by atoms with E-state index in [0.29, 0.717) is 0 Å². The van der Waals surface area contributed by atoms with E-state index in [2.05, 4.69) is 4.98 Å². The van der Waals surface area contributed by atoms with Crippen LogP contribution in [0.3, 0.4) is 0 Å². The molecule has 1 aromatic carbocycles. The van der Waals surface area contributed by atoms with Crippen molar-refractivity contribution in [2.24, 2.45) is 0 Å². The van der Waals surface area contributed by atoms with Crippen LogP contribution in [0.5, 0.6) is 0 Å². The Kier molecular flexibility index (Phi) is 2.67. The molecule has 0 radical (unpaired) electrons. The van der Waals surface area contributed by atoms with E-state index in [0.717, 1.165) is 16.5 Å². The summed E-state index contributed by atoms with van der Waals surface area (Å²) in [6, 6.07) is 7.63. The van der Waals surface area contributed by atoms with Crippen LogP contribution in [0.2, 0.25) is 0 Å². The van der Waals surface area contributed by atoms with Crippen molar-refractivity contribution in [3.63, 3.8) is 0 Å². The number of nitrogens with one attached hydrogen (secondary N) is 1. The second kappa shape index (κ2) is 3.89. The van der Waals surface area contributed by atoms with Gasteiger partial charge in [0, 0.05) is 22.5 Å². The number of H-pyrrole nitrogens is 1. The quantitative estimate of drug-likeness (QED) is 0.758. The number of benzene rings is 1. The third-order valence-electron chi connectivity index (χ3n) is 3.20. The second-order valence-electron chi connectivity index (χ2n) is 4.71. The minimum atomic E-state index is -1.43. The number of aliphatic carboxylic acids is 1. The maximum atomic E-state index is 10.9. The van der Waals surface area contributed by atoms with Crippen LogP contribution in [0, 0.1) is 0 Å². The number of aromatic amines is 1. The number of carboxylic acids is 1. The van der Waals surface area contributed by atoms with Crippen LogP contribution in [0.4, 0.5) is 0 Å². The van der Waals surface area contributed by atoms with E-state index in [-0.39, 0.29) is 0 Å². The molecule has 1 unspecified atom stereocenters. The van der Waals surface area contributed by atoms with Crippen molar-refractivity contribution in [2.75, 3.05) is 0 Å². The van der Waals surface area contributed by atoms with Crippen molar-refractivity contribution in [3.8, 4) is 0 Å². The van der Waals surface area contributed by atoms with Crippen molar-refractivity contribution in [3.05, 3.63) is 36.0 Å². The summed E-state index contributed by atoms with van der Waals surface area (Å²) in [7, 11) is 0. The summed E-state index contributed by atoms with van der Waals surface area (Å²) in [4.78, 5) is 14.0. The molecular formula is C13H15NO3. The fourth-order valence-corrected chi connectivity index (χ4v) is 2.06. The van der Waals surface area contributed by atoms with Gasteiger partial charge in [0.05, 0.1) is 0 Å². The van der Waals surface area contributed by atoms with Crippen LogP contribution in [-0.4, -0.2) is 27.3 Å². The summed E-state index contributed by atoms with van der Waals surface area (Å²) in [6.45, 7) is 3.45. The van der Waals surface area contributed by atoms with Gasteiger partial charge in [0.2, 0.25) is 0 Å². The molecule has 4 heteroatoms. The van der Waals surface area contributed by atoms with Crippen LogP contribution < -0.4 is 0 Å². The summed E-state index contributed by atoms with van der Waals surface area (Å²) in [5.41, 5.74) is 0.905. The average molecular weight is 233 g/mol. The Morgan fingerprint density at radius 1 is 1.35 bits per heavy atom. The minimum absolute atomic E-state index is 0.808. The Bertz CT molecular complexity index is 557. The lowest BCUT2D eigenvalue weighted by Crippen LogP contribution is -2.39. The lowest BCUT2D eigenvalue weighted by atomic mass is 9.79. The van der Waals surface area contributed by atoms with E-state index in [4.69, 9.17) is 5.11 Å². The van der Waals surface area contributed by atoms with Crippen LogP contribution in [0.1, 0.15) is 19.4 Å². The molecule has 0 spiro atoms. The molecule has 4 nitrogen and oxygen atoms in total. The Hall–Kier alpha value is -1.81. The molecule has 1 aromatic heterocycles. The molecule has 2 aromatic rings. The first-order valence-corrected chi connectivity index (χ1v) is 5.42. The van der Waals surface area contributed by atoms with E-state index in [9.17, 15) is 9.90 Å². The highest BCUT2D eigenvalue weighted by atomic mass is 16.4. The Labute approximate surface area is 98.9 Å². The molecule has 0 bridgehead atoms. The van der Waals surface area contributed by atoms with Crippen molar-refractivity contribution in [2.45, 2.75) is 25.4 Å². The fourth-order valence-electron chi connectivity index (χ4n) is 2.06. The minimum Gasteiger partial charge on any atom is -0.479 e. The predicted molar refractivity (Wildman–Crippen MR) is 65.0 cm³/mol. The first kappa shape index (κ1) is 11.7. The van der Waals surface area contributed by atoms with Crippen molar-refractivity contribution >= 4 is 16.9 Å². The first-order valence-electron chi connectivity index (χ1n) is 5.42. The summed E-state index contributed by atoms with van der Waals surface area (Å²) in [5, 5.41) is 19.6. The van der Waals surface area contributed by atoms with Crippen molar-refractivity contribution in [1.29, 1.82) is 0 Å². The van der Waals surface area contributed by atoms with E-state index >= 15 is 0 Å². The number of aliphatic hydroxyl groups is 1. The molecule has 0 aliphatic heterocycles. The highest BCUT2D eigenvalue weighted by molar-refractivity contribution is 5.86. The lowest BCUT2D eigenvalue weighted by molar-refractivity contribution is -0.150. The van der Waals surface area contributed by atoms with Gasteiger partial charge >= 0.3 is 5.97 Å². The van der Waals surface area contributed by atoms with Crippen LogP contribution in [0.15, 0.2) is 30.5 Å². The maximum absolute atomic E-state index is 10.9. The van der Waals surface area contributed by atoms with E-state index in [1.165, 1.54) is 0 Å². The average Bonchev–Trinajstić information content (AvgIpc) is 2.72. The predicted octanol–water partition coefficient (Wildman–Crippen LogP) is 1.89. The summed E-state index contributed by atoms with van der Waals surface area (Å²) < 4.78 is 0. The standard InChI is InChI=1S/C13H15NO3/c1-13(2,11(15)12(16)17)9-7-14-10-6-4-3-5-8(9)10/h3-7,11,14-15H,1-2H3,(H,16,17). The molecule has 2 rings (SSSR count). The number of hydrogen-bond donors (Lipinski definition) is 3. The Morgan fingerprint density at radius 2 is 2.00 bits per heavy atom. The van der Waals surface area contributed by atoms with E-state index in [1.807, 2.05) is 24.3 Å². The number of rotatable bonds is 3. The van der Waals surface area contributed by atoms with Gasteiger partial charge in [-0.05, 0) is 11.6 Å². The third kappa shape index (κ3) is 1.80. The van der Waals surface area contributed by atoms with Gasteiger partial charge in [-0.25, -0.2) is 4.79 Å². The topological polar surface area (TPSA) is 73.3 Å². The molecule has 0 amide bonds. The maximum Gasteiger partial charge on any atom is 0.333 e. The molecule has 0 saturated heterocycles. The molecule has 1 atom stereocenters. The molecule has 90 valence electrons. The van der Waals surface area contributed by atoms with E-state index in [1.54, 1.807) is 20.0 Å². The monoisotopic (exact) mass is 233 g/mol. The number of fused-ring (bicyclic) bond motifs is 1. The van der Waals surface area contributed by atoms with Crippen LogP contribution >= 0.6 is 0 Å². The summed E-state index contributed by atoms with van der Waals surface area (Å²) >= 11 is 0. The van der Waals surface area contributed by atoms with Gasteiger partial charge in [-0.3, -0.25) is 0 Å². The zero-order chi connectivity index (χ0) is 12.6. The summed E-state index contributed by atoms with van der Waals surface area (Å²) in [5.74, 6) is -1.21. The lowest BCUT2D eigenvalue weighted by Gasteiger charge is -2.27. The number of carboxylic acid groups (broad SMARTS) is 1. The molecule has 3 N–H and O–H groups in total. The van der Waals surface area contributed by atoms with Crippen molar-refractivity contribution < 1.29 is 15.0 Å². The number of carbonyl (C=O) groups is 1. The third-order valence-corrected chi connectivity index (χ3v) is 3.20. The first-order chi connectivity index (χ1) is 7.94. The van der Waals surface area contributed by atoms with E-state index < -0.39 is 17.5 Å². The molecule has 0 saturated carbocycles. The highest BCUT2D eigenvalue weighted by Crippen LogP contribution is 2.33. The zero-order valence-electron chi connectivity index (χ0n) is 9.77. The number of aromatic nitrogens is 1. The second-order valence-corrected chi connectivity index (χ2v) is 4.71. The largest absolute Gasteiger partial charge is 0.479 e. The number of hydrogen-bond acceptors (Lipinski definition) is 2. The van der Waals surface area contributed by atoms with Gasteiger partial charge in [0.25, 0.3) is 0 Å².